The standard InChI is InChI=1S/C18H15FN2OS/c19-14-5-1-7-16-13(14)10-17(23-16)18(22)21-9-3-6-15(21)12-4-2-8-20-11-12/h1-2,4-5,7-8,10-11,15H,3,6,9H2/t15-/m0/s1. The molecule has 1 fully saturated rings. The quantitative estimate of drug-likeness (QED) is 0.699. The van der Waals surface area contributed by atoms with E-state index in [0.717, 1.165) is 29.6 Å². The fourth-order valence-electron chi connectivity index (χ4n) is 3.20. The number of thiophene rings is 1. The van der Waals surface area contributed by atoms with Crippen molar-refractivity contribution in [3.63, 3.8) is 0 Å². The molecule has 5 heteroatoms. The summed E-state index contributed by atoms with van der Waals surface area (Å²) in [6, 6.07) is 10.6. The van der Waals surface area contributed by atoms with Gasteiger partial charge in [-0.3, -0.25) is 9.78 Å². The number of likely N-dealkylation sites (tertiary alicyclic amines) is 1. The van der Waals surface area contributed by atoms with Gasteiger partial charge < -0.3 is 4.90 Å². The molecule has 1 aliphatic rings. The number of hydrogen-bond acceptors (Lipinski definition) is 3. The van der Waals surface area contributed by atoms with E-state index in [1.165, 1.54) is 17.4 Å². The number of nitrogens with zero attached hydrogens (tertiary/aromatic N) is 2. The van der Waals surface area contributed by atoms with Crippen molar-refractivity contribution in [3.8, 4) is 0 Å². The van der Waals surface area contributed by atoms with Gasteiger partial charge in [0, 0.05) is 29.0 Å². The summed E-state index contributed by atoms with van der Waals surface area (Å²) in [6.45, 7) is 0.731. The molecule has 1 aliphatic heterocycles. The molecule has 3 heterocycles. The smallest absolute Gasteiger partial charge is 0.264 e. The van der Waals surface area contributed by atoms with Crippen molar-refractivity contribution >= 4 is 27.3 Å². The number of pyridine rings is 1. The summed E-state index contributed by atoms with van der Waals surface area (Å²) in [4.78, 5) is 19.5. The lowest BCUT2D eigenvalue weighted by Gasteiger charge is -2.24. The van der Waals surface area contributed by atoms with Crippen LogP contribution in [0.1, 0.15) is 34.1 Å². The maximum atomic E-state index is 13.9. The highest BCUT2D eigenvalue weighted by molar-refractivity contribution is 7.20. The Morgan fingerprint density at radius 2 is 2.22 bits per heavy atom. The molecule has 1 amide bonds. The number of carbonyl (C=O) groups is 1. The number of benzene rings is 1. The number of aromatic nitrogens is 1. The summed E-state index contributed by atoms with van der Waals surface area (Å²) < 4.78 is 14.7. The molecule has 1 atom stereocenters. The van der Waals surface area contributed by atoms with E-state index in [-0.39, 0.29) is 17.8 Å². The molecule has 116 valence electrons. The van der Waals surface area contributed by atoms with Gasteiger partial charge in [-0.1, -0.05) is 12.1 Å². The summed E-state index contributed by atoms with van der Waals surface area (Å²) in [7, 11) is 0. The van der Waals surface area contributed by atoms with E-state index < -0.39 is 0 Å². The summed E-state index contributed by atoms with van der Waals surface area (Å²) in [6.07, 6.45) is 5.47. The highest BCUT2D eigenvalue weighted by Gasteiger charge is 2.31. The molecule has 3 aromatic rings. The van der Waals surface area contributed by atoms with Crippen LogP contribution in [0.25, 0.3) is 10.1 Å². The molecule has 23 heavy (non-hydrogen) atoms. The van der Waals surface area contributed by atoms with Crippen molar-refractivity contribution in [3.05, 3.63) is 65.0 Å². The van der Waals surface area contributed by atoms with Crippen LogP contribution in [0.3, 0.4) is 0 Å². The van der Waals surface area contributed by atoms with E-state index in [4.69, 9.17) is 0 Å². The Morgan fingerprint density at radius 1 is 1.30 bits per heavy atom. The van der Waals surface area contributed by atoms with Crippen molar-refractivity contribution in [1.82, 2.24) is 9.88 Å². The Hall–Kier alpha value is -2.27. The second-order valence-corrected chi connectivity index (χ2v) is 6.79. The molecule has 0 spiro atoms. The van der Waals surface area contributed by atoms with Crippen LogP contribution in [-0.4, -0.2) is 22.3 Å². The van der Waals surface area contributed by atoms with Crippen molar-refractivity contribution in [2.45, 2.75) is 18.9 Å². The van der Waals surface area contributed by atoms with E-state index >= 15 is 0 Å². The first-order chi connectivity index (χ1) is 11.2. The van der Waals surface area contributed by atoms with Crippen LogP contribution < -0.4 is 0 Å². The van der Waals surface area contributed by atoms with Crippen LogP contribution in [0.2, 0.25) is 0 Å². The van der Waals surface area contributed by atoms with Crippen molar-refractivity contribution in [2.75, 3.05) is 6.54 Å². The number of carbonyl (C=O) groups excluding carboxylic acids is 1. The molecule has 1 saturated heterocycles. The third-order valence-electron chi connectivity index (χ3n) is 4.30. The maximum absolute atomic E-state index is 13.9. The van der Waals surface area contributed by atoms with Gasteiger partial charge in [0.1, 0.15) is 5.82 Å². The Labute approximate surface area is 137 Å². The van der Waals surface area contributed by atoms with Gasteiger partial charge in [-0.25, -0.2) is 4.39 Å². The molecule has 4 rings (SSSR count). The van der Waals surface area contributed by atoms with Crippen LogP contribution in [0.5, 0.6) is 0 Å². The van der Waals surface area contributed by atoms with Crippen molar-refractivity contribution < 1.29 is 9.18 Å². The molecule has 2 aromatic heterocycles. The average molecular weight is 326 g/mol. The van der Waals surface area contributed by atoms with Crippen LogP contribution in [0.15, 0.2) is 48.8 Å². The Morgan fingerprint density at radius 3 is 3.00 bits per heavy atom. The minimum Gasteiger partial charge on any atom is -0.331 e. The number of hydrogen-bond donors (Lipinski definition) is 0. The summed E-state index contributed by atoms with van der Waals surface area (Å²) in [5, 5.41) is 0.526. The Kier molecular flexibility index (Phi) is 3.58. The van der Waals surface area contributed by atoms with Gasteiger partial charge in [0.05, 0.1) is 10.9 Å². The van der Waals surface area contributed by atoms with Gasteiger partial charge in [0.2, 0.25) is 0 Å². The predicted octanol–water partition coefficient (Wildman–Crippen LogP) is 4.41. The molecule has 0 radical (unpaired) electrons. The number of rotatable bonds is 2. The van der Waals surface area contributed by atoms with Crippen LogP contribution in [0, 0.1) is 5.82 Å². The van der Waals surface area contributed by atoms with Crippen molar-refractivity contribution in [1.29, 1.82) is 0 Å². The van der Waals surface area contributed by atoms with Gasteiger partial charge >= 0.3 is 0 Å². The third-order valence-corrected chi connectivity index (χ3v) is 5.39. The van der Waals surface area contributed by atoms with Crippen LogP contribution in [0.4, 0.5) is 4.39 Å². The molecular formula is C18H15FN2OS. The molecule has 0 N–H and O–H groups in total. The molecule has 0 unspecified atom stereocenters. The van der Waals surface area contributed by atoms with Crippen LogP contribution in [-0.2, 0) is 0 Å². The van der Waals surface area contributed by atoms with Gasteiger partial charge in [0.15, 0.2) is 0 Å². The topological polar surface area (TPSA) is 33.2 Å². The van der Waals surface area contributed by atoms with E-state index in [0.29, 0.717) is 10.3 Å². The second kappa shape index (κ2) is 5.74. The lowest BCUT2D eigenvalue weighted by atomic mass is 10.1. The minimum atomic E-state index is -0.275. The van der Waals surface area contributed by atoms with Gasteiger partial charge in [0.25, 0.3) is 5.91 Å². The first-order valence-corrected chi connectivity index (χ1v) is 8.44. The molecule has 3 nitrogen and oxygen atoms in total. The Bertz CT molecular complexity index is 862. The summed E-state index contributed by atoms with van der Waals surface area (Å²) >= 11 is 1.36. The first kappa shape index (κ1) is 14.3. The first-order valence-electron chi connectivity index (χ1n) is 7.63. The summed E-state index contributed by atoms with van der Waals surface area (Å²) in [5.74, 6) is -0.292. The molecule has 1 aromatic carbocycles. The molecule has 0 saturated carbocycles. The normalized spacial score (nSPS) is 17.8. The highest BCUT2D eigenvalue weighted by Crippen LogP contribution is 2.35. The van der Waals surface area contributed by atoms with E-state index in [2.05, 4.69) is 4.98 Å². The number of fused-ring (bicyclic) bond motifs is 1. The van der Waals surface area contributed by atoms with Crippen LogP contribution >= 0.6 is 11.3 Å². The molecular weight excluding hydrogens is 311 g/mol. The second-order valence-electron chi connectivity index (χ2n) is 5.71. The molecule has 0 aliphatic carbocycles. The highest BCUT2D eigenvalue weighted by atomic mass is 32.1. The third kappa shape index (κ3) is 2.51. The monoisotopic (exact) mass is 326 g/mol. The fourth-order valence-corrected chi connectivity index (χ4v) is 4.23. The maximum Gasteiger partial charge on any atom is 0.264 e. The number of halogens is 1. The lowest BCUT2D eigenvalue weighted by molar-refractivity contribution is 0.0740. The van der Waals surface area contributed by atoms with Crippen molar-refractivity contribution in [2.24, 2.45) is 0 Å². The zero-order chi connectivity index (χ0) is 15.8. The predicted molar refractivity (Wildman–Crippen MR) is 89.0 cm³/mol. The van der Waals surface area contributed by atoms with Gasteiger partial charge in [-0.15, -0.1) is 11.3 Å². The van der Waals surface area contributed by atoms with E-state index in [9.17, 15) is 9.18 Å². The van der Waals surface area contributed by atoms with E-state index in [1.807, 2.05) is 29.3 Å². The fraction of sp³-hybridized carbons (Fsp3) is 0.222. The average Bonchev–Trinajstić information content (AvgIpc) is 3.23. The zero-order valence-electron chi connectivity index (χ0n) is 12.4. The lowest BCUT2D eigenvalue weighted by Crippen LogP contribution is -2.30. The van der Waals surface area contributed by atoms with Gasteiger partial charge in [-0.2, -0.15) is 0 Å². The number of amides is 1. The minimum absolute atomic E-state index is 0.0167. The Balaban J connectivity index is 1.68. The van der Waals surface area contributed by atoms with Gasteiger partial charge in [-0.05, 0) is 42.7 Å². The summed E-state index contributed by atoms with van der Waals surface area (Å²) in [5.41, 5.74) is 1.06. The zero-order valence-corrected chi connectivity index (χ0v) is 13.2. The van der Waals surface area contributed by atoms with E-state index in [1.54, 1.807) is 18.3 Å². The SMILES string of the molecule is O=C(c1cc2c(F)cccc2s1)N1CCC[C@H]1c1cccnc1. The largest absolute Gasteiger partial charge is 0.331 e. The molecule has 0 bridgehead atoms.